The lowest BCUT2D eigenvalue weighted by atomic mass is 10.3. The van der Waals surface area contributed by atoms with Crippen LogP contribution < -0.4 is 10.2 Å². The molecule has 2 N–H and O–H groups in total. The Kier molecular flexibility index (Phi) is 6.21. The van der Waals surface area contributed by atoms with Crippen molar-refractivity contribution in [2.24, 2.45) is 0 Å². The molecule has 0 radical (unpaired) electrons. The molecule has 6 heteroatoms. The Balaban J connectivity index is 2.88. The molecule has 0 aromatic carbocycles. The number of hydrogen-bond acceptors (Lipinski definition) is 6. The van der Waals surface area contributed by atoms with E-state index < -0.39 is 0 Å². The van der Waals surface area contributed by atoms with Gasteiger partial charge in [-0.3, -0.25) is 0 Å². The van der Waals surface area contributed by atoms with Gasteiger partial charge in [0.15, 0.2) is 5.16 Å². The van der Waals surface area contributed by atoms with Crippen molar-refractivity contribution in [1.29, 1.82) is 0 Å². The van der Waals surface area contributed by atoms with Gasteiger partial charge in [0.25, 0.3) is 0 Å². The maximum atomic E-state index is 9.42. The molecule has 0 aliphatic rings. The largest absolute Gasteiger partial charge is 0.392 e. The quantitative estimate of drug-likeness (QED) is 0.582. The first-order valence-corrected chi connectivity index (χ1v) is 7.35. The Hall–Kier alpha value is -1.01. The molecular weight excluding hydrogens is 248 g/mol. The Morgan fingerprint density at radius 3 is 2.78 bits per heavy atom. The number of aliphatic hydroxyl groups excluding tert-OH is 1. The van der Waals surface area contributed by atoms with Gasteiger partial charge in [0.05, 0.1) is 6.10 Å². The Morgan fingerprint density at radius 1 is 1.50 bits per heavy atom. The van der Waals surface area contributed by atoms with E-state index in [4.69, 9.17) is 0 Å². The number of nitrogens with zero attached hydrogens (tertiary/aromatic N) is 3. The van der Waals surface area contributed by atoms with Crippen LogP contribution in [0.5, 0.6) is 0 Å². The van der Waals surface area contributed by atoms with Crippen LogP contribution in [0.3, 0.4) is 0 Å². The van der Waals surface area contributed by atoms with Crippen molar-refractivity contribution in [2.75, 3.05) is 36.6 Å². The molecule has 0 bridgehead atoms. The second-order valence-electron chi connectivity index (χ2n) is 4.25. The smallest absolute Gasteiger partial charge is 0.191 e. The minimum Gasteiger partial charge on any atom is -0.392 e. The summed E-state index contributed by atoms with van der Waals surface area (Å²) in [6.07, 6.45) is 2.63. The third kappa shape index (κ3) is 4.70. The monoisotopic (exact) mass is 270 g/mol. The fourth-order valence-electron chi connectivity index (χ4n) is 1.53. The summed E-state index contributed by atoms with van der Waals surface area (Å²) in [5, 5.41) is 13.4. The highest BCUT2D eigenvalue weighted by Crippen LogP contribution is 2.19. The van der Waals surface area contributed by atoms with Gasteiger partial charge >= 0.3 is 0 Å². The summed E-state index contributed by atoms with van der Waals surface area (Å²) in [4.78, 5) is 10.8. The predicted octanol–water partition coefficient (Wildman–Crippen LogP) is 1.84. The van der Waals surface area contributed by atoms with Crippen molar-refractivity contribution in [3.8, 4) is 0 Å². The lowest BCUT2D eigenvalue weighted by molar-refractivity contribution is 0.201. The van der Waals surface area contributed by atoms with E-state index in [0.717, 1.165) is 29.8 Å². The van der Waals surface area contributed by atoms with E-state index in [2.05, 4.69) is 22.2 Å². The highest BCUT2D eigenvalue weighted by atomic mass is 32.2. The zero-order chi connectivity index (χ0) is 13.5. The number of anilines is 2. The fraction of sp³-hybridized carbons (Fsp3) is 0.667. The number of aliphatic hydroxyl groups is 1. The average molecular weight is 270 g/mol. The van der Waals surface area contributed by atoms with Crippen LogP contribution in [0, 0.1) is 0 Å². The molecule has 0 aliphatic heterocycles. The van der Waals surface area contributed by atoms with Crippen LogP contribution in [-0.4, -0.2) is 47.6 Å². The zero-order valence-corrected chi connectivity index (χ0v) is 12.3. The van der Waals surface area contributed by atoms with Gasteiger partial charge in [0, 0.05) is 26.2 Å². The molecule has 0 saturated heterocycles. The number of thioether (sulfide) groups is 1. The van der Waals surface area contributed by atoms with E-state index in [0.29, 0.717) is 6.54 Å². The molecule has 0 spiro atoms. The summed E-state index contributed by atoms with van der Waals surface area (Å²) in [5.41, 5.74) is 0. The van der Waals surface area contributed by atoms with E-state index in [-0.39, 0.29) is 6.10 Å². The van der Waals surface area contributed by atoms with Crippen molar-refractivity contribution in [2.45, 2.75) is 31.5 Å². The first-order valence-electron chi connectivity index (χ1n) is 6.13. The third-order valence-corrected chi connectivity index (χ3v) is 2.91. The van der Waals surface area contributed by atoms with Crippen LogP contribution in [0.4, 0.5) is 11.6 Å². The van der Waals surface area contributed by atoms with E-state index in [1.54, 1.807) is 6.92 Å². The molecule has 1 heterocycles. The van der Waals surface area contributed by atoms with Gasteiger partial charge in [0.1, 0.15) is 11.6 Å². The maximum Gasteiger partial charge on any atom is 0.191 e. The van der Waals surface area contributed by atoms with Crippen LogP contribution in [0.1, 0.15) is 20.3 Å². The van der Waals surface area contributed by atoms with Crippen molar-refractivity contribution in [1.82, 2.24) is 9.97 Å². The lowest BCUT2D eigenvalue weighted by Crippen LogP contribution is -2.28. The second-order valence-corrected chi connectivity index (χ2v) is 5.03. The van der Waals surface area contributed by atoms with Gasteiger partial charge in [-0.15, -0.1) is 0 Å². The minimum absolute atomic E-state index is 0.380. The summed E-state index contributed by atoms with van der Waals surface area (Å²) in [5.74, 6) is 1.66. The highest BCUT2D eigenvalue weighted by Gasteiger charge is 2.09. The lowest BCUT2D eigenvalue weighted by Gasteiger charge is -2.20. The third-order valence-electron chi connectivity index (χ3n) is 2.36. The Bertz CT molecular complexity index is 373. The van der Waals surface area contributed by atoms with Gasteiger partial charge in [-0.1, -0.05) is 18.7 Å². The molecule has 1 aromatic rings. The number of hydrogen-bond donors (Lipinski definition) is 2. The van der Waals surface area contributed by atoms with Crippen molar-refractivity contribution in [3.05, 3.63) is 6.07 Å². The predicted molar refractivity (Wildman–Crippen MR) is 77.5 cm³/mol. The van der Waals surface area contributed by atoms with E-state index >= 15 is 0 Å². The van der Waals surface area contributed by atoms with Gasteiger partial charge in [-0.2, -0.15) is 0 Å². The molecule has 1 rings (SSSR count). The van der Waals surface area contributed by atoms with Crippen LogP contribution >= 0.6 is 11.8 Å². The molecule has 18 heavy (non-hydrogen) atoms. The van der Waals surface area contributed by atoms with Crippen LogP contribution in [0.25, 0.3) is 0 Å². The Labute approximate surface area is 113 Å². The molecule has 0 aliphatic carbocycles. The van der Waals surface area contributed by atoms with E-state index in [1.165, 1.54) is 11.8 Å². The van der Waals surface area contributed by atoms with Gasteiger partial charge in [0.2, 0.25) is 0 Å². The SMILES string of the molecule is CCCNc1cc(N(C)CC(C)O)nc(SC)n1. The molecule has 1 unspecified atom stereocenters. The molecule has 5 nitrogen and oxygen atoms in total. The number of likely N-dealkylation sites (N-methyl/N-ethyl adjacent to an activating group) is 1. The summed E-state index contributed by atoms with van der Waals surface area (Å²) in [6, 6.07) is 1.91. The summed E-state index contributed by atoms with van der Waals surface area (Å²) >= 11 is 1.52. The number of rotatable bonds is 7. The van der Waals surface area contributed by atoms with Crippen molar-refractivity contribution < 1.29 is 5.11 Å². The molecule has 102 valence electrons. The molecular formula is C12H22N4OS. The van der Waals surface area contributed by atoms with E-state index in [9.17, 15) is 5.11 Å². The molecule has 1 atom stereocenters. The van der Waals surface area contributed by atoms with Crippen LogP contribution in [0.2, 0.25) is 0 Å². The van der Waals surface area contributed by atoms with Crippen molar-refractivity contribution >= 4 is 23.4 Å². The normalized spacial score (nSPS) is 12.3. The van der Waals surface area contributed by atoms with Gasteiger partial charge in [-0.25, -0.2) is 9.97 Å². The van der Waals surface area contributed by atoms with Gasteiger partial charge in [-0.05, 0) is 19.6 Å². The fourth-order valence-corrected chi connectivity index (χ4v) is 1.91. The average Bonchev–Trinajstić information content (AvgIpc) is 2.35. The zero-order valence-electron chi connectivity index (χ0n) is 11.5. The molecule has 1 aromatic heterocycles. The van der Waals surface area contributed by atoms with Crippen LogP contribution in [-0.2, 0) is 0 Å². The second kappa shape index (κ2) is 7.43. The highest BCUT2D eigenvalue weighted by molar-refractivity contribution is 7.98. The molecule has 0 fully saturated rings. The molecule has 0 saturated carbocycles. The van der Waals surface area contributed by atoms with E-state index in [1.807, 2.05) is 24.3 Å². The van der Waals surface area contributed by atoms with Crippen LogP contribution in [0.15, 0.2) is 11.2 Å². The topological polar surface area (TPSA) is 61.3 Å². The Morgan fingerprint density at radius 2 is 2.22 bits per heavy atom. The maximum absolute atomic E-state index is 9.42. The number of aromatic nitrogens is 2. The first kappa shape index (κ1) is 15.0. The standard InChI is InChI=1S/C12H22N4OS/c1-5-6-13-10-7-11(15-12(14-10)18-4)16(3)8-9(2)17/h7,9,17H,5-6,8H2,1-4H3,(H,13,14,15). The number of nitrogens with one attached hydrogen (secondary N) is 1. The summed E-state index contributed by atoms with van der Waals surface area (Å²) in [7, 11) is 1.92. The summed E-state index contributed by atoms with van der Waals surface area (Å²) < 4.78 is 0. The minimum atomic E-state index is -0.380. The summed E-state index contributed by atoms with van der Waals surface area (Å²) in [6.45, 7) is 5.33. The molecule has 0 amide bonds. The first-order chi connectivity index (χ1) is 8.56. The van der Waals surface area contributed by atoms with Crippen molar-refractivity contribution in [3.63, 3.8) is 0 Å². The van der Waals surface area contributed by atoms with Gasteiger partial charge < -0.3 is 15.3 Å².